The van der Waals surface area contributed by atoms with E-state index in [0.29, 0.717) is 23.1 Å². The number of rotatable bonds is 5. The molecule has 2 aromatic carbocycles. The summed E-state index contributed by atoms with van der Waals surface area (Å²) >= 11 is 0. The van der Waals surface area contributed by atoms with Crippen molar-refractivity contribution in [3.05, 3.63) is 82.5 Å². The van der Waals surface area contributed by atoms with Gasteiger partial charge in [0.25, 0.3) is 0 Å². The van der Waals surface area contributed by atoms with Gasteiger partial charge in [0.2, 0.25) is 5.91 Å². The van der Waals surface area contributed by atoms with Crippen LogP contribution in [0.3, 0.4) is 0 Å². The number of amides is 1. The summed E-state index contributed by atoms with van der Waals surface area (Å²) in [4.78, 5) is 29.7. The second kappa shape index (κ2) is 7.94. The summed E-state index contributed by atoms with van der Waals surface area (Å²) in [5.74, 6) is 0.628. The van der Waals surface area contributed by atoms with Crippen molar-refractivity contribution in [2.75, 3.05) is 5.32 Å². The third-order valence-corrected chi connectivity index (χ3v) is 4.96. The first kappa shape index (κ1) is 19.6. The van der Waals surface area contributed by atoms with Gasteiger partial charge in [0, 0.05) is 17.3 Å². The van der Waals surface area contributed by atoms with E-state index in [1.807, 2.05) is 54.6 Å². The van der Waals surface area contributed by atoms with Crippen LogP contribution in [-0.4, -0.2) is 25.1 Å². The highest BCUT2D eigenvalue weighted by atomic mass is 16.2. The van der Waals surface area contributed by atoms with E-state index in [4.69, 9.17) is 0 Å². The van der Waals surface area contributed by atoms with Crippen LogP contribution in [0.5, 0.6) is 0 Å². The third-order valence-electron chi connectivity index (χ3n) is 4.96. The molecule has 0 radical (unpaired) electrons. The number of aryl methyl sites for hydroxylation is 1. The first-order chi connectivity index (χ1) is 14.4. The molecule has 4 rings (SSSR count). The minimum absolute atomic E-state index is 0.174. The van der Waals surface area contributed by atoms with E-state index in [0.717, 1.165) is 15.9 Å². The largest absolute Gasteiger partial charge is 0.352 e. The number of benzene rings is 2. The van der Waals surface area contributed by atoms with E-state index in [1.165, 1.54) is 9.96 Å². The molecular formula is C23H23N5O2. The third kappa shape index (κ3) is 3.87. The number of hydrogen-bond acceptors (Lipinski definition) is 4. The van der Waals surface area contributed by atoms with Crippen LogP contribution < -0.4 is 11.0 Å². The lowest BCUT2D eigenvalue weighted by Crippen LogP contribution is -2.28. The Labute approximate surface area is 174 Å². The van der Waals surface area contributed by atoms with Crippen molar-refractivity contribution in [1.82, 2.24) is 19.2 Å². The van der Waals surface area contributed by atoms with Crippen molar-refractivity contribution in [3.63, 3.8) is 0 Å². The van der Waals surface area contributed by atoms with Crippen LogP contribution in [-0.2, 0) is 11.3 Å². The van der Waals surface area contributed by atoms with Gasteiger partial charge in [-0.3, -0.25) is 4.79 Å². The SMILES string of the molecule is Cc1nc(-c2ccccc2)cc2nn(CC(=O)Nc3ccc(C(C)C)cc3)c(=O)n12. The molecule has 0 bridgehead atoms. The van der Waals surface area contributed by atoms with Gasteiger partial charge in [-0.1, -0.05) is 56.3 Å². The van der Waals surface area contributed by atoms with Gasteiger partial charge in [-0.05, 0) is 30.5 Å². The predicted molar refractivity (Wildman–Crippen MR) is 117 cm³/mol. The lowest BCUT2D eigenvalue weighted by atomic mass is 10.0. The van der Waals surface area contributed by atoms with E-state index < -0.39 is 0 Å². The van der Waals surface area contributed by atoms with Gasteiger partial charge in [-0.2, -0.15) is 0 Å². The molecule has 0 aliphatic heterocycles. The normalized spacial score (nSPS) is 11.2. The molecule has 7 heteroatoms. The van der Waals surface area contributed by atoms with Crippen LogP contribution >= 0.6 is 0 Å². The fourth-order valence-corrected chi connectivity index (χ4v) is 3.35. The molecule has 0 saturated heterocycles. The molecule has 1 amide bonds. The minimum Gasteiger partial charge on any atom is -0.324 e. The highest BCUT2D eigenvalue weighted by Crippen LogP contribution is 2.19. The van der Waals surface area contributed by atoms with E-state index in [1.54, 1.807) is 13.0 Å². The van der Waals surface area contributed by atoms with Gasteiger partial charge >= 0.3 is 5.69 Å². The molecule has 7 nitrogen and oxygen atoms in total. The topological polar surface area (TPSA) is 81.3 Å². The summed E-state index contributed by atoms with van der Waals surface area (Å²) < 4.78 is 2.58. The number of hydrogen-bond donors (Lipinski definition) is 1. The van der Waals surface area contributed by atoms with E-state index in [9.17, 15) is 9.59 Å². The van der Waals surface area contributed by atoms with Crippen LogP contribution in [0.25, 0.3) is 16.9 Å². The van der Waals surface area contributed by atoms with Crippen molar-refractivity contribution in [1.29, 1.82) is 0 Å². The quantitative estimate of drug-likeness (QED) is 0.554. The number of nitrogens with one attached hydrogen (secondary N) is 1. The first-order valence-electron chi connectivity index (χ1n) is 9.85. The van der Waals surface area contributed by atoms with Crippen molar-refractivity contribution in [3.8, 4) is 11.3 Å². The Morgan fingerprint density at radius 2 is 1.77 bits per heavy atom. The number of nitrogens with zero attached hydrogens (tertiary/aromatic N) is 4. The molecule has 0 saturated carbocycles. The summed E-state index contributed by atoms with van der Waals surface area (Å²) in [7, 11) is 0. The lowest BCUT2D eigenvalue weighted by Gasteiger charge is -2.08. The average Bonchev–Trinajstić information content (AvgIpc) is 3.04. The Morgan fingerprint density at radius 1 is 1.07 bits per heavy atom. The Hall–Kier alpha value is -3.74. The molecule has 0 spiro atoms. The van der Waals surface area contributed by atoms with Gasteiger partial charge in [0.05, 0.1) is 5.69 Å². The zero-order valence-electron chi connectivity index (χ0n) is 17.2. The van der Waals surface area contributed by atoms with Crippen LogP contribution in [0, 0.1) is 6.92 Å². The Balaban J connectivity index is 1.58. The van der Waals surface area contributed by atoms with Crippen LogP contribution in [0.2, 0.25) is 0 Å². The second-order valence-electron chi connectivity index (χ2n) is 7.51. The van der Waals surface area contributed by atoms with Gasteiger partial charge in [0.15, 0.2) is 5.65 Å². The molecule has 0 unspecified atom stereocenters. The highest BCUT2D eigenvalue weighted by molar-refractivity contribution is 5.90. The fourth-order valence-electron chi connectivity index (χ4n) is 3.35. The zero-order valence-corrected chi connectivity index (χ0v) is 17.2. The Kier molecular flexibility index (Phi) is 5.18. The molecule has 2 heterocycles. The zero-order chi connectivity index (χ0) is 21.3. The maximum Gasteiger partial charge on any atom is 0.352 e. The molecule has 152 valence electrons. The summed E-state index contributed by atoms with van der Waals surface area (Å²) in [6, 6.07) is 19.1. The predicted octanol–water partition coefficient (Wildman–Crippen LogP) is 3.63. The van der Waals surface area contributed by atoms with Crippen LogP contribution in [0.4, 0.5) is 5.69 Å². The summed E-state index contributed by atoms with van der Waals surface area (Å²) in [6.45, 7) is 5.81. The highest BCUT2D eigenvalue weighted by Gasteiger charge is 2.15. The summed E-state index contributed by atoms with van der Waals surface area (Å²) in [5.41, 5.74) is 3.62. The molecular weight excluding hydrogens is 378 g/mol. The van der Waals surface area contributed by atoms with Crippen molar-refractivity contribution >= 4 is 17.2 Å². The smallest absolute Gasteiger partial charge is 0.324 e. The molecule has 2 aromatic heterocycles. The lowest BCUT2D eigenvalue weighted by molar-refractivity contribution is -0.117. The molecule has 0 fully saturated rings. The molecule has 30 heavy (non-hydrogen) atoms. The number of anilines is 1. The Morgan fingerprint density at radius 3 is 2.43 bits per heavy atom. The minimum atomic E-state index is -0.389. The molecule has 0 aliphatic carbocycles. The maximum absolute atomic E-state index is 12.7. The van der Waals surface area contributed by atoms with Crippen LogP contribution in [0.1, 0.15) is 31.2 Å². The molecule has 0 aliphatic rings. The van der Waals surface area contributed by atoms with Gasteiger partial charge in [0.1, 0.15) is 12.4 Å². The second-order valence-corrected chi connectivity index (χ2v) is 7.51. The number of carbonyl (C=O) groups excluding carboxylic acids is 1. The number of fused-ring (bicyclic) bond motifs is 1. The molecule has 1 N–H and O–H groups in total. The monoisotopic (exact) mass is 401 g/mol. The summed E-state index contributed by atoms with van der Waals surface area (Å²) in [6.07, 6.45) is 0. The van der Waals surface area contributed by atoms with Crippen LogP contribution in [0.15, 0.2) is 65.5 Å². The van der Waals surface area contributed by atoms with Crippen molar-refractivity contribution < 1.29 is 4.79 Å². The van der Waals surface area contributed by atoms with E-state index in [2.05, 4.69) is 29.2 Å². The Bertz CT molecular complexity index is 1250. The number of aromatic nitrogens is 4. The molecule has 4 aromatic rings. The van der Waals surface area contributed by atoms with E-state index in [-0.39, 0.29) is 18.1 Å². The summed E-state index contributed by atoms with van der Waals surface area (Å²) in [5, 5.41) is 7.16. The number of carbonyl (C=O) groups is 1. The van der Waals surface area contributed by atoms with Crippen molar-refractivity contribution in [2.24, 2.45) is 0 Å². The first-order valence-corrected chi connectivity index (χ1v) is 9.85. The van der Waals surface area contributed by atoms with Gasteiger partial charge < -0.3 is 5.32 Å². The van der Waals surface area contributed by atoms with E-state index >= 15 is 0 Å². The van der Waals surface area contributed by atoms with Crippen molar-refractivity contribution in [2.45, 2.75) is 33.2 Å². The average molecular weight is 401 g/mol. The fraction of sp³-hybridized carbons (Fsp3) is 0.217. The van der Waals surface area contributed by atoms with Gasteiger partial charge in [-0.25, -0.2) is 18.9 Å². The molecule has 0 atom stereocenters. The standard InChI is InChI=1S/C23H23N5O2/c1-15(2)17-9-11-19(12-10-17)25-22(29)14-27-23(30)28-16(3)24-20(13-21(28)26-27)18-7-5-4-6-8-18/h4-13,15H,14H2,1-3H3,(H,25,29). The van der Waals surface area contributed by atoms with Gasteiger partial charge in [-0.15, -0.1) is 5.10 Å². The maximum atomic E-state index is 12.7.